The number of hydrogen-bond acceptors (Lipinski definition) is 3. The molecular formula is C18H16F6N2O2. The van der Waals surface area contributed by atoms with Crippen LogP contribution in [0.2, 0.25) is 0 Å². The van der Waals surface area contributed by atoms with Gasteiger partial charge in [0, 0.05) is 11.3 Å². The van der Waals surface area contributed by atoms with Crippen molar-refractivity contribution in [2.24, 2.45) is 0 Å². The first-order valence-corrected chi connectivity index (χ1v) is 8.05. The number of ether oxygens (including phenoxy) is 1. The summed E-state index contributed by atoms with van der Waals surface area (Å²) in [4.78, 5) is 12.2. The molecule has 0 fully saturated rings. The predicted octanol–water partition coefficient (Wildman–Crippen LogP) is 5.35. The number of nitrogen functional groups attached to an aromatic ring is 1. The Bertz CT molecular complexity index is 830. The van der Waals surface area contributed by atoms with Crippen LogP contribution in [-0.4, -0.2) is 12.5 Å². The molecule has 28 heavy (non-hydrogen) atoms. The molecule has 152 valence electrons. The zero-order valence-electron chi connectivity index (χ0n) is 14.5. The number of nitrogens with two attached hydrogens (primary N) is 1. The van der Waals surface area contributed by atoms with Gasteiger partial charge in [-0.05, 0) is 42.8 Å². The predicted molar refractivity (Wildman–Crippen MR) is 91.0 cm³/mol. The summed E-state index contributed by atoms with van der Waals surface area (Å²) in [6.45, 7) is 2.27. The number of halogens is 6. The molecule has 0 saturated carbocycles. The fourth-order valence-electron chi connectivity index (χ4n) is 2.26. The van der Waals surface area contributed by atoms with Crippen LogP contribution in [0.5, 0.6) is 5.75 Å². The van der Waals surface area contributed by atoms with Gasteiger partial charge in [-0.2, -0.15) is 26.3 Å². The van der Waals surface area contributed by atoms with Crippen LogP contribution in [0.4, 0.5) is 37.7 Å². The van der Waals surface area contributed by atoms with Crippen LogP contribution in [0.1, 0.15) is 34.8 Å². The third-order valence-corrected chi connectivity index (χ3v) is 3.58. The number of benzene rings is 2. The second-order valence-electron chi connectivity index (χ2n) is 5.85. The Hall–Kier alpha value is -2.91. The van der Waals surface area contributed by atoms with Gasteiger partial charge in [-0.25, -0.2) is 0 Å². The average Bonchev–Trinajstić information content (AvgIpc) is 2.58. The fourth-order valence-corrected chi connectivity index (χ4v) is 2.26. The molecule has 0 atom stereocenters. The largest absolute Gasteiger partial charge is 0.491 e. The molecule has 0 heterocycles. The summed E-state index contributed by atoms with van der Waals surface area (Å²) >= 11 is 0. The van der Waals surface area contributed by atoms with Gasteiger partial charge < -0.3 is 15.8 Å². The highest BCUT2D eigenvalue weighted by molar-refractivity contribution is 6.05. The van der Waals surface area contributed by atoms with Crippen molar-refractivity contribution in [2.45, 2.75) is 25.7 Å². The highest BCUT2D eigenvalue weighted by atomic mass is 19.4. The number of anilines is 2. The summed E-state index contributed by atoms with van der Waals surface area (Å²) in [5.41, 5.74) is 2.12. The molecule has 0 unspecified atom stereocenters. The maximum atomic E-state index is 12.9. The second-order valence-corrected chi connectivity index (χ2v) is 5.85. The zero-order chi connectivity index (χ0) is 21.1. The van der Waals surface area contributed by atoms with E-state index in [1.807, 2.05) is 12.2 Å². The minimum atomic E-state index is -5.01. The van der Waals surface area contributed by atoms with Gasteiger partial charge in [-0.3, -0.25) is 4.79 Å². The summed E-state index contributed by atoms with van der Waals surface area (Å²) < 4.78 is 82.6. The smallest absolute Gasteiger partial charge is 0.416 e. The van der Waals surface area contributed by atoms with Gasteiger partial charge in [-0.15, -0.1) is 0 Å². The molecule has 1 amide bonds. The van der Waals surface area contributed by atoms with Crippen molar-refractivity contribution in [3.8, 4) is 5.75 Å². The van der Waals surface area contributed by atoms with Gasteiger partial charge in [0.15, 0.2) is 0 Å². The second kappa shape index (κ2) is 7.99. The van der Waals surface area contributed by atoms with Crippen molar-refractivity contribution in [3.63, 3.8) is 0 Å². The topological polar surface area (TPSA) is 64.3 Å². The Balaban J connectivity index is 2.31. The van der Waals surface area contributed by atoms with E-state index < -0.39 is 35.1 Å². The van der Waals surface area contributed by atoms with E-state index >= 15 is 0 Å². The lowest BCUT2D eigenvalue weighted by Crippen LogP contribution is -2.16. The Morgan fingerprint density at radius 1 is 1.00 bits per heavy atom. The fraction of sp³-hybridized carbons (Fsp3) is 0.278. The number of carbonyl (C=O) groups excluding carboxylic acids is 1. The molecule has 0 aromatic heterocycles. The number of amides is 1. The van der Waals surface area contributed by atoms with Crippen molar-refractivity contribution in [3.05, 3.63) is 53.1 Å². The molecular weight excluding hydrogens is 390 g/mol. The molecule has 0 aliphatic heterocycles. The van der Waals surface area contributed by atoms with E-state index in [2.05, 4.69) is 0 Å². The molecule has 0 saturated heterocycles. The standard InChI is InChI=1S/C18H16F6N2O2/c1-2-5-28-15-4-3-10(6-14(15)25)16(27)26-13-8-11(17(19,20)21)7-12(9-13)18(22,23)24/h3-4,6-9H,2,5,25H2,1H3,(H,26,27). The SMILES string of the molecule is CCCOc1ccc(C(=O)Nc2cc(C(F)(F)F)cc(C(F)(F)F)c2)cc1N. The van der Waals surface area contributed by atoms with E-state index in [9.17, 15) is 31.1 Å². The van der Waals surface area contributed by atoms with Gasteiger partial charge in [0.05, 0.1) is 23.4 Å². The average molecular weight is 406 g/mol. The molecule has 0 aliphatic rings. The lowest BCUT2D eigenvalue weighted by Gasteiger charge is -2.15. The maximum Gasteiger partial charge on any atom is 0.416 e. The van der Waals surface area contributed by atoms with Crippen molar-refractivity contribution in [1.82, 2.24) is 0 Å². The van der Waals surface area contributed by atoms with E-state index in [0.29, 0.717) is 24.5 Å². The normalized spacial score (nSPS) is 12.0. The van der Waals surface area contributed by atoms with Gasteiger partial charge in [0.25, 0.3) is 5.91 Å². The highest BCUT2D eigenvalue weighted by Gasteiger charge is 2.37. The minimum absolute atomic E-state index is 0.0203. The van der Waals surface area contributed by atoms with Gasteiger partial charge in [0.1, 0.15) is 5.75 Å². The van der Waals surface area contributed by atoms with Crippen LogP contribution in [0.25, 0.3) is 0 Å². The van der Waals surface area contributed by atoms with E-state index in [4.69, 9.17) is 10.5 Å². The number of carbonyl (C=O) groups is 1. The van der Waals surface area contributed by atoms with Crippen molar-refractivity contribution < 1.29 is 35.9 Å². The molecule has 2 aromatic carbocycles. The first-order valence-electron chi connectivity index (χ1n) is 8.05. The van der Waals surface area contributed by atoms with E-state index in [0.717, 1.165) is 6.42 Å². The van der Waals surface area contributed by atoms with Crippen molar-refractivity contribution >= 4 is 17.3 Å². The lowest BCUT2D eigenvalue weighted by molar-refractivity contribution is -0.143. The number of rotatable bonds is 5. The molecule has 2 rings (SSSR count). The third kappa shape index (κ3) is 5.30. The summed E-state index contributed by atoms with van der Waals surface area (Å²) in [7, 11) is 0. The first kappa shape index (κ1) is 21.4. The van der Waals surface area contributed by atoms with Gasteiger partial charge in [-0.1, -0.05) is 6.92 Å². The van der Waals surface area contributed by atoms with Gasteiger partial charge in [0.2, 0.25) is 0 Å². The third-order valence-electron chi connectivity index (χ3n) is 3.58. The molecule has 10 heteroatoms. The Labute approximate surface area is 156 Å². The van der Waals surface area contributed by atoms with Crippen LogP contribution >= 0.6 is 0 Å². The van der Waals surface area contributed by atoms with Crippen LogP contribution in [-0.2, 0) is 12.4 Å². The molecule has 2 aromatic rings. The van der Waals surface area contributed by atoms with Gasteiger partial charge >= 0.3 is 12.4 Å². The molecule has 0 radical (unpaired) electrons. The minimum Gasteiger partial charge on any atom is -0.491 e. The number of nitrogens with one attached hydrogen (secondary N) is 1. The van der Waals surface area contributed by atoms with Crippen LogP contribution in [0, 0.1) is 0 Å². The molecule has 3 N–H and O–H groups in total. The molecule has 0 spiro atoms. The molecule has 4 nitrogen and oxygen atoms in total. The summed E-state index contributed by atoms with van der Waals surface area (Å²) in [6, 6.07) is 4.75. The summed E-state index contributed by atoms with van der Waals surface area (Å²) in [5, 5.41) is 2.04. The van der Waals surface area contributed by atoms with Crippen LogP contribution in [0.15, 0.2) is 36.4 Å². The molecule has 0 bridgehead atoms. The number of hydrogen-bond donors (Lipinski definition) is 2. The van der Waals surface area contributed by atoms with Crippen molar-refractivity contribution in [1.29, 1.82) is 0 Å². The highest BCUT2D eigenvalue weighted by Crippen LogP contribution is 2.37. The Morgan fingerprint density at radius 3 is 2.04 bits per heavy atom. The number of alkyl halides is 6. The quantitative estimate of drug-likeness (QED) is 0.520. The molecule has 0 aliphatic carbocycles. The van der Waals surface area contributed by atoms with Crippen LogP contribution < -0.4 is 15.8 Å². The summed E-state index contributed by atoms with van der Waals surface area (Å²) in [5.74, 6) is -0.599. The first-order chi connectivity index (χ1) is 12.9. The van der Waals surface area contributed by atoms with Crippen LogP contribution in [0.3, 0.4) is 0 Å². The Kier molecular flexibility index (Phi) is 6.10. The zero-order valence-corrected chi connectivity index (χ0v) is 14.5. The monoisotopic (exact) mass is 406 g/mol. The van der Waals surface area contributed by atoms with E-state index in [-0.39, 0.29) is 17.3 Å². The summed E-state index contributed by atoms with van der Waals surface area (Å²) in [6.07, 6.45) is -9.30. The maximum absolute atomic E-state index is 12.9. The van der Waals surface area contributed by atoms with Crippen molar-refractivity contribution in [2.75, 3.05) is 17.7 Å². The lowest BCUT2D eigenvalue weighted by atomic mass is 10.1. The van der Waals surface area contributed by atoms with E-state index in [1.165, 1.54) is 18.2 Å². The Morgan fingerprint density at radius 2 is 1.57 bits per heavy atom. The van der Waals surface area contributed by atoms with E-state index in [1.54, 1.807) is 0 Å².